The Bertz CT molecular complexity index is 414. The zero-order chi connectivity index (χ0) is 13.7. The van der Waals surface area contributed by atoms with E-state index >= 15 is 0 Å². The molecular formula is C14H21BrN2O2. The highest BCUT2D eigenvalue weighted by Crippen LogP contribution is 2.25. The molecule has 4 nitrogen and oxygen atoms in total. The summed E-state index contributed by atoms with van der Waals surface area (Å²) in [5.74, 6) is 0.862. The fourth-order valence-corrected chi connectivity index (χ4v) is 2.78. The van der Waals surface area contributed by atoms with Gasteiger partial charge in [0.2, 0.25) is 0 Å². The van der Waals surface area contributed by atoms with E-state index in [2.05, 4.69) is 45.3 Å². The molecule has 0 radical (unpaired) electrons. The Morgan fingerprint density at radius 3 is 3.05 bits per heavy atom. The van der Waals surface area contributed by atoms with Crippen LogP contribution in [-0.2, 0) is 11.3 Å². The van der Waals surface area contributed by atoms with Crippen LogP contribution in [0.15, 0.2) is 22.7 Å². The zero-order valence-electron chi connectivity index (χ0n) is 11.5. The van der Waals surface area contributed by atoms with Crippen LogP contribution < -0.4 is 10.1 Å². The fraction of sp³-hybridized carbons (Fsp3) is 0.571. The van der Waals surface area contributed by atoms with Crippen LogP contribution in [0.4, 0.5) is 0 Å². The Hall–Kier alpha value is -0.620. The van der Waals surface area contributed by atoms with Crippen molar-refractivity contribution in [2.75, 3.05) is 40.4 Å². The number of benzene rings is 1. The third-order valence-corrected chi connectivity index (χ3v) is 3.88. The van der Waals surface area contributed by atoms with Gasteiger partial charge in [-0.2, -0.15) is 0 Å². The first-order valence-electron chi connectivity index (χ1n) is 6.52. The lowest BCUT2D eigenvalue weighted by Crippen LogP contribution is -2.44. The molecule has 1 aromatic rings. The number of hydrogen-bond donors (Lipinski definition) is 1. The van der Waals surface area contributed by atoms with Crippen molar-refractivity contribution in [3.63, 3.8) is 0 Å². The van der Waals surface area contributed by atoms with E-state index in [0.29, 0.717) is 6.10 Å². The highest BCUT2D eigenvalue weighted by molar-refractivity contribution is 9.10. The molecule has 0 aliphatic carbocycles. The van der Waals surface area contributed by atoms with Crippen molar-refractivity contribution >= 4 is 15.9 Å². The first kappa shape index (κ1) is 14.8. The maximum Gasteiger partial charge on any atom is 0.133 e. The van der Waals surface area contributed by atoms with Crippen LogP contribution in [0.5, 0.6) is 5.75 Å². The van der Waals surface area contributed by atoms with Crippen LogP contribution in [0.25, 0.3) is 0 Å². The molecule has 19 heavy (non-hydrogen) atoms. The SMILES string of the molecule is COc1ccc(CNCC2CN(C)CCO2)cc1Br. The molecule has 106 valence electrons. The first-order valence-corrected chi connectivity index (χ1v) is 7.31. The summed E-state index contributed by atoms with van der Waals surface area (Å²) in [6, 6.07) is 6.14. The molecule has 1 aliphatic heterocycles. The average molecular weight is 329 g/mol. The van der Waals surface area contributed by atoms with E-state index in [4.69, 9.17) is 9.47 Å². The molecule has 0 bridgehead atoms. The highest BCUT2D eigenvalue weighted by Gasteiger charge is 2.16. The molecule has 1 heterocycles. The van der Waals surface area contributed by atoms with E-state index in [1.54, 1.807) is 7.11 Å². The van der Waals surface area contributed by atoms with Crippen molar-refractivity contribution in [2.45, 2.75) is 12.6 Å². The number of halogens is 1. The van der Waals surface area contributed by atoms with Gasteiger partial charge in [0.05, 0.1) is 24.3 Å². The maximum absolute atomic E-state index is 5.71. The summed E-state index contributed by atoms with van der Waals surface area (Å²) in [7, 11) is 3.81. The number of rotatable bonds is 5. The summed E-state index contributed by atoms with van der Waals surface area (Å²) < 4.78 is 11.9. The van der Waals surface area contributed by atoms with Gasteiger partial charge in [-0.1, -0.05) is 6.07 Å². The lowest BCUT2D eigenvalue weighted by Gasteiger charge is -2.30. The van der Waals surface area contributed by atoms with Crippen LogP contribution >= 0.6 is 15.9 Å². The van der Waals surface area contributed by atoms with Gasteiger partial charge in [-0.3, -0.25) is 0 Å². The summed E-state index contributed by atoms with van der Waals surface area (Å²) in [5.41, 5.74) is 1.23. The summed E-state index contributed by atoms with van der Waals surface area (Å²) in [4.78, 5) is 2.31. The molecule has 0 amide bonds. The number of nitrogens with zero attached hydrogens (tertiary/aromatic N) is 1. The van der Waals surface area contributed by atoms with Gasteiger partial charge in [0, 0.05) is 26.2 Å². The van der Waals surface area contributed by atoms with Crippen molar-refractivity contribution in [2.24, 2.45) is 0 Å². The quantitative estimate of drug-likeness (QED) is 0.894. The molecule has 5 heteroatoms. The summed E-state index contributed by atoms with van der Waals surface area (Å²) >= 11 is 3.50. The summed E-state index contributed by atoms with van der Waals surface area (Å²) in [5, 5.41) is 3.44. The van der Waals surface area contributed by atoms with Crippen molar-refractivity contribution in [3.8, 4) is 5.75 Å². The molecule has 1 fully saturated rings. The molecular weight excluding hydrogens is 308 g/mol. The number of morpholine rings is 1. The predicted molar refractivity (Wildman–Crippen MR) is 79.6 cm³/mol. The average Bonchev–Trinajstić information content (AvgIpc) is 2.39. The number of hydrogen-bond acceptors (Lipinski definition) is 4. The standard InChI is InChI=1S/C14H21BrN2O2/c1-17-5-6-19-12(10-17)9-16-8-11-3-4-14(18-2)13(15)7-11/h3-4,7,12,16H,5-6,8-10H2,1-2H3. The van der Waals surface area contributed by atoms with Gasteiger partial charge >= 0.3 is 0 Å². The molecule has 0 aromatic heterocycles. The van der Waals surface area contributed by atoms with Crippen LogP contribution in [0.1, 0.15) is 5.56 Å². The fourth-order valence-electron chi connectivity index (χ4n) is 2.19. The third-order valence-electron chi connectivity index (χ3n) is 3.26. The summed E-state index contributed by atoms with van der Waals surface area (Å²) in [6.45, 7) is 4.58. The Morgan fingerprint density at radius 1 is 1.53 bits per heavy atom. The van der Waals surface area contributed by atoms with E-state index in [-0.39, 0.29) is 0 Å². The number of ether oxygens (including phenoxy) is 2. The van der Waals surface area contributed by atoms with Gasteiger partial charge in [0.25, 0.3) is 0 Å². The molecule has 2 rings (SSSR count). The Balaban J connectivity index is 1.77. The second kappa shape index (κ2) is 7.24. The molecule has 1 atom stereocenters. The largest absolute Gasteiger partial charge is 0.496 e. The Morgan fingerprint density at radius 2 is 2.37 bits per heavy atom. The lowest BCUT2D eigenvalue weighted by atomic mass is 10.2. The smallest absolute Gasteiger partial charge is 0.133 e. The van der Waals surface area contributed by atoms with Gasteiger partial charge in [-0.25, -0.2) is 0 Å². The Labute approximate surface area is 123 Å². The molecule has 1 aromatic carbocycles. The molecule has 1 N–H and O–H groups in total. The first-order chi connectivity index (χ1) is 9.19. The van der Waals surface area contributed by atoms with Gasteiger partial charge < -0.3 is 19.7 Å². The van der Waals surface area contributed by atoms with Crippen molar-refractivity contribution in [1.82, 2.24) is 10.2 Å². The monoisotopic (exact) mass is 328 g/mol. The minimum atomic E-state index is 0.292. The highest BCUT2D eigenvalue weighted by atomic mass is 79.9. The van der Waals surface area contributed by atoms with Gasteiger partial charge in [0.15, 0.2) is 0 Å². The number of nitrogens with one attached hydrogen (secondary N) is 1. The number of methoxy groups -OCH3 is 1. The van der Waals surface area contributed by atoms with Crippen LogP contribution in [0, 0.1) is 0 Å². The van der Waals surface area contributed by atoms with Gasteiger partial charge in [-0.05, 0) is 40.7 Å². The summed E-state index contributed by atoms with van der Waals surface area (Å²) in [6.07, 6.45) is 0.292. The van der Waals surface area contributed by atoms with E-state index in [1.807, 2.05) is 6.07 Å². The van der Waals surface area contributed by atoms with Gasteiger partial charge in [0.1, 0.15) is 5.75 Å². The second-order valence-corrected chi connectivity index (χ2v) is 5.71. The van der Waals surface area contributed by atoms with Crippen LogP contribution in [0.2, 0.25) is 0 Å². The van der Waals surface area contributed by atoms with Crippen molar-refractivity contribution in [3.05, 3.63) is 28.2 Å². The number of likely N-dealkylation sites (N-methyl/N-ethyl adjacent to an activating group) is 1. The second-order valence-electron chi connectivity index (χ2n) is 4.85. The topological polar surface area (TPSA) is 33.7 Å². The van der Waals surface area contributed by atoms with Crippen LogP contribution in [-0.4, -0.2) is 51.4 Å². The van der Waals surface area contributed by atoms with E-state index < -0.39 is 0 Å². The third kappa shape index (κ3) is 4.45. The van der Waals surface area contributed by atoms with Crippen molar-refractivity contribution in [1.29, 1.82) is 0 Å². The minimum absolute atomic E-state index is 0.292. The van der Waals surface area contributed by atoms with E-state index in [1.165, 1.54) is 5.56 Å². The van der Waals surface area contributed by atoms with E-state index in [9.17, 15) is 0 Å². The maximum atomic E-state index is 5.71. The minimum Gasteiger partial charge on any atom is -0.496 e. The predicted octanol–water partition coefficient (Wildman–Crippen LogP) is 1.88. The van der Waals surface area contributed by atoms with Crippen LogP contribution in [0.3, 0.4) is 0 Å². The van der Waals surface area contributed by atoms with Crippen molar-refractivity contribution < 1.29 is 9.47 Å². The molecule has 1 saturated heterocycles. The molecule has 0 saturated carbocycles. The zero-order valence-corrected chi connectivity index (χ0v) is 13.1. The Kier molecular flexibility index (Phi) is 5.63. The molecule has 0 spiro atoms. The molecule has 1 aliphatic rings. The lowest BCUT2D eigenvalue weighted by molar-refractivity contribution is -0.0182. The van der Waals surface area contributed by atoms with Gasteiger partial charge in [-0.15, -0.1) is 0 Å². The van der Waals surface area contributed by atoms with E-state index in [0.717, 1.165) is 43.0 Å². The molecule has 1 unspecified atom stereocenters. The normalized spacial score (nSPS) is 20.5.